The average Bonchev–Trinajstić information content (AvgIpc) is 2.78. The van der Waals surface area contributed by atoms with Gasteiger partial charge in [0, 0.05) is 19.2 Å². The van der Waals surface area contributed by atoms with Crippen molar-refractivity contribution in [1.29, 1.82) is 0 Å². The Kier molecular flexibility index (Phi) is 4.38. The smallest absolute Gasteiger partial charge is 0.287 e. The molecule has 0 spiro atoms. The summed E-state index contributed by atoms with van der Waals surface area (Å²) in [5.41, 5.74) is 0. The number of nitrogens with one attached hydrogen (secondary N) is 2. The number of methoxy groups -OCH3 is 1. The Morgan fingerprint density at radius 1 is 1.61 bits per heavy atom. The molecule has 0 radical (unpaired) electrons. The first-order valence-corrected chi connectivity index (χ1v) is 6.31. The molecule has 100 valence electrons. The van der Waals surface area contributed by atoms with Crippen LogP contribution >= 0.6 is 0 Å². The van der Waals surface area contributed by atoms with Crippen molar-refractivity contribution in [3.8, 4) is 0 Å². The van der Waals surface area contributed by atoms with E-state index >= 15 is 0 Å². The van der Waals surface area contributed by atoms with Crippen LogP contribution in [0, 0.1) is 0 Å². The van der Waals surface area contributed by atoms with Gasteiger partial charge in [-0.3, -0.25) is 4.79 Å². The Hall–Kier alpha value is -1.33. The van der Waals surface area contributed by atoms with E-state index in [9.17, 15) is 4.79 Å². The Bertz CT molecular complexity index is 403. The Balaban J connectivity index is 1.90. The minimum Gasteiger partial charge on any atom is -0.453 e. The summed E-state index contributed by atoms with van der Waals surface area (Å²) in [5, 5.41) is 6.36. The molecule has 1 saturated heterocycles. The molecule has 5 nitrogen and oxygen atoms in total. The summed E-state index contributed by atoms with van der Waals surface area (Å²) in [6, 6.07) is 4.13. The molecule has 0 saturated carbocycles. The zero-order valence-corrected chi connectivity index (χ0v) is 10.9. The molecule has 1 aliphatic heterocycles. The molecule has 18 heavy (non-hydrogen) atoms. The summed E-state index contributed by atoms with van der Waals surface area (Å²) in [7, 11) is 1.60. The average molecular weight is 252 g/mol. The first-order chi connectivity index (χ1) is 8.69. The van der Waals surface area contributed by atoms with Crippen LogP contribution < -0.4 is 10.6 Å². The lowest BCUT2D eigenvalue weighted by Gasteiger charge is -2.28. The fraction of sp³-hybridized carbons (Fsp3) is 0.615. The van der Waals surface area contributed by atoms with E-state index in [0.717, 1.165) is 19.4 Å². The quantitative estimate of drug-likeness (QED) is 0.847. The third kappa shape index (κ3) is 3.34. The highest BCUT2D eigenvalue weighted by molar-refractivity contribution is 5.91. The number of carbonyl (C=O) groups is 1. The summed E-state index contributed by atoms with van der Waals surface area (Å²) in [6.07, 6.45) is 1.92. The second kappa shape index (κ2) is 6.02. The van der Waals surface area contributed by atoms with Gasteiger partial charge in [0.05, 0.1) is 0 Å². The molecule has 0 bridgehead atoms. The highest BCUT2D eigenvalue weighted by Crippen LogP contribution is 2.12. The second-order valence-electron chi connectivity index (χ2n) is 4.75. The van der Waals surface area contributed by atoms with Crippen LogP contribution in [0.15, 0.2) is 16.5 Å². The lowest BCUT2D eigenvalue weighted by Crippen LogP contribution is -2.46. The zero-order valence-electron chi connectivity index (χ0n) is 10.9. The monoisotopic (exact) mass is 252 g/mol. The van der Waals surface area contributed by atoms with E-state index in [0.29, 0.717) is 24.2 Å². The molecule has 2 atom stereocenters. The predicted octanol–water partition coefficient (Wildman–Crippen LogP) is 1.30. The van der Waals surface area contributed by atoms with E-state index in [1.54, 1.807) is 19.2 Å². The van der Waals surface area contributed by atoms with Crippen LogP contribution in [0.1, 0.15) is 36.1 Å². The summed E-state index contributed by atoms with van der Waals surface area (Å²) < 4.78 is 10.4. The van der Waals surface area contributed by atoms with Gasteiger partial charge in [0.2, 0.25) is 0 Å². The number of piperidine rings is 1. The molecular weight excluding hydrogens is 232 g/mol. The van der Waals surface area contributed by atoms with E-state index in [2.05, 4.69) is 17.6 Å². The summed E-state index contributed by atoms with van der Waals surface area (Å²) in [5.74, 6) is 0.881. The van der Waals surface area contributed by atoms with E-state index in [1.165, 1.54) is 0 Å². The van der Waals surface area contributed by atoms with Crippen molar-refractivity contribution in [1.82, 2.24) is 10.6 Å². The predicted molar refractivity (Wildman–Crippen MR) is 67.4 cm³/mol. The summed E-state index contributed by atoms with van der Waals surface area (Å²) in [6.45, 7) is 3.46. The molecule has 2 N–H and O–H groups in total. The van der Waals surface area contributed by atoms with Crippen molar-refractivity contribution in [2.45, 2.75) is 38.5 Å². The Morgan fingerprint density at radius 3 is 3.17 bits per heavy atom. The van der Waals surface area contributed by atoms with Crippen LogP contribution in [0.3, 0.4) is 0 Å². The fourth-order valence-corrected chi connectivity index (χ4v) is 2.24. The number of rotatable bonds is 4. The molecule has 0 aliphatic carbocycles. The van der Waals surface area contributed by atoms with Gasteiger partial charge >= 0.3 is 0 Å². The van der Waals surface area contributed by atoms with Gasteiger partial charge in [-0.2, -0.15) is 0 Å². The number of hydrogen-bond acceptors (Lipinski definition) is 4. The van der Waals surface area contributed by atoms with E-state index in [1.807, 2.05) is 0 Å². The first-order valence-electron chi connectivity index (χ1n) is 6.31. The van der Waals surface area contributed by atoms with E-state index in [4.69, 9.17) is 9.15 Å². The van der Waals surface area contributed by atoms with Gasteiger partial charge in [0.1, 0.15) is 12.4 Å². The van der Waals surface area contributed by atoms with Gasteiger partial charge in [0.15, 0.2) is 5.76 Å². The van der Waals surface area contributed by atoms with Crippen molar-refractivity contribution in [2.75, 3.05) is 13.7 Å². The zero-order chi connectivity index (χ0) is 13.0. The fourth-order valence-electron chi connectivity index (χ4n) is 2.24. The molecule has 1 aromatic heterocycles. The summed E-state index contributed by atoms with van der Waals surface area (Å²) >= 11 is 0. The normalized spacial score (nSPS) is 23.9. The van der Waals surface area contributed by atoms with Crippen LogP contribution in [0.5, 0.6) is 0 Å². The van der Waals surface area contributed by atoms with Crippen molar-refractivity contribution in [2.24, 2.45) is 0 Å². The van der Waals surface area contributed by atoms with Gasteiger partial charge < -0.3 is 19.8 Å². The highest BCUT2D eigenvalue weighted by Gasteiger charge is 2.21. The molecule has 2 heterocycles. The number of furan rings is 1. The minimum atomic E-state index is -0.142. The molecule has 2 unspecified atom stereocenters. The van der Waals surface area contributed by atoms with Crippen LogP contribution in [-0.4, -0.2) is 31.6 Å². The molecule has 1 aromatic rings. The van der Waals surface area contributed by atoms with Gasteiger partial charge in [-0.15, -0.1) is 0 Å². The molecule has 1 amide bonds. The van der Waals surface area contributed by atoms with Crippen molar-refractivity contribution in [3.63, 3.8) is 0 Å². The molecule has 5 heteroatoms. The number of ether oxygens (including phenoxy) is 1. The number of carbonyl (C=O) groups excluding carboxylic acids is 1. The first kappa shape index (κ1) is 13.1. The molecule has 1 fully saturated rings. The Labute approximate surface area is 107 Å². The maximum atomic E-state index is 12.0. The largest absolute Gasteiger partial charge is 0.453 e. The molecule has 2 rings (SSSR count). The third-order valence-electron chi connectivity index (χ3n) is 3.13. The molecular formula is C13H20N2O3. The van der Waals surface area contributed by atoms with Gasteiger partial charge in [-0.05, 0) is 38.4 Å². The standard InChI is InChI=1S/C13H20N2O3/c1-9-7-10(5-6-14-9)15-13(16)12-4-3-11(18-12)8-17-2/h3-4,9-10,14H,5-8H2,1-2H3,(H,15,16). The van der Waals surface area contributed by atoms with Gasteiger partial charge in [-0.25, -0.2) is 0 Å². The third-order valence-corrected chi connectivity index (χ3v) is 3.13. The topological polar surface area (TPSA) is 63.5 Å². The molecule has 0 aromatic carbocycles. The van der Waals surface area contributed by atoms with E-state index < -0.39 is 0 Å². The second-order valence-corrected chi connectivity index (χ2v) is 4.75. The maximum absolute atomic E-state index is 12.0. The lowest BCUT2D eigenvalue weighted by molar-refractivity contribution is 0.0889. The van der Waals surface area contributed by atoms with Crippen LogP contribution in [0.4, 0.5) is 0 Å². The summed E-state index contributed by atoms with van der Waals surface area (Å²) in [4.78, 5) is 12.0. The number of amides is 1. The van der Waals surface area contributed by atoms with Crippen LogP contribution in [0.25, 0.3) is 0 Å². The van der Waals surface area contributed by atoms with E-state index in [-0.39, 0.29) is 11.9 Å². The SMILES string of the molecule is COCc1ccc(C(=O)NC2CCNC(C)C2)o1. The lowest BCUT2D eigenvalue weighted by atomic mass is 10.0. The van der Waals surface area contributed by atoms with Crippen molar-refractivity contribution in [3.05, 3.63) is 23.7 Å². The molecule has 1 aliphatic rings. The van der Waals surface area contributed by atoms with Crippen LogP contribution in [-0.2, 0) is 11.3 Å². The van der Waals surface area contributed by atoms with Gasteiger partial charge in [0.25, 0.3) is 5.91 Å². The minimum absolute atomic E-state index is 0.142. The van der Waals surface area contributed by atoms with Crippen molar-refractivity contribution >= 4 is 5.91 Å². The van der Waals surface area contributed by atoms with Crippen LogP contribution in [0.2, 0.25) is 0 Å². The highest BCUT2D eigenvalue weighted by atomic mass is 16.5. The van der Waals surface area contributed by atoms with Crippen molar-refractivity contribution < 1.29 is 13.9 Å². The Morgan fingerprint density at radius 2 is 2.44 bits per heavy atom. The van der Waals surface area contributed by atoms with Gasteiger partial charge in [-0.1, -0.05) is 0 Å². The maximum Gasteiger partial charge on any atom is 0.287 e. The number of hydrogen-bond donors (Lipinski definition) is 2.